The molecule has 0 unspecified atom stereocenters. The second-order valence-electron chi connectivity index (χ2n) is 4.19. The van der Waals surface area contributed by atoms with Gasteiger partial charge in [0.25, 0.3) is 0 Å². The van der Waals surface area contributed by atoms with Gasteiger partial charge in [0.1, 0.15) is 0 Å². The molecule has 0 heterocycles. The van der Waals surface area contributed by atoms with Crippen LogP contribution >= 0.6 is 0 Å². The maximum Gasteiger partial charge on any atom is 0.170 e. The summed E-state index contributed by atoms with van der Waals surface area (Å²) < 4.78 is 26.5. The van der Waals surface area contributed by atoms with Crippen molar-refractivity contribution in [1.82, 2.24) is 0 Å². The van der Waals surface area contributed by atoms with Crippen molar-refractivity contribution in [3.05, 3.63) is 70.8 Å². The predicted octanol–water partition coefficient (Wildman–Crippen LogP) is 3.70. The van der Waals surface area contributed by atoms with Gasteiger partial charge in [-0.05, 0) is 24.6 Å². The van der Waals surface area contributed by atoms with Gasteiger partial charge in [-0.15, -0.1) is 0 Å². The molecule has 0 bridgehead atoms. The highest BCUT2D eigenvalue weighted by atomic mass is 19.2. The van der Waals surface area contributed by atoms with Crippen molar-refractivity contribution in [2.24, 2.45) is 0 Å². The number of benzene rings is 2. The van der Waals surface area contributed by atoms with Crippen molar-refractivity contribution < 1.29 is 13.6 Å². The summed E-state index contributed by atoms with van der Waals surface area (Å²) in [5, 5.41) is 0. The summed E-state index contributed by atoms with van der Waals surface area (Å²) in [6.45, 7) is 1.91. The van der Waals surface area contributed by atoms with Crippen LogP contribution in [-0.4, -0.2) is 5.78 Å². The van der Waals surface area contributed by atoms with E-state index in [1.165, 1.54) is 12.1 Å². The molecule has 0 N–H and O–H groups in total. The highest BCUT2D eigenvalue weighted by molar-refractivity contribution is 5.97. The number of hydrogen-bond acceptors (Lipinski definition) is 1. The molecule has 92 valence electrons. The molecule has 2 aromatic rings. The fraction of sp³-hybridized carbons (Fsp3) is 0.133. The van der Waals surface area contributed by atoms with Crippen LogP contribution in [0.4, 0.5) is 8.78 Å². The van der Waals surface area contributed by atoms with Gasteiger partial charge in [-0.1, -0.05) is 35.9 Å². The lowest BCUT2D eigenvalue weighted by Crippen LogP contribution is -2.07. The molecule has 1 nitrogen and oxygen atoms in total. The molecule has 18 heavy (non-hydrogen) atoms. The molecule has 0 saturated carbocycles. The Kier molecular flexibility index (Phi) is 3.51. The predicted molar refractivity (Wildman–Crippen MR) is 65.6 cm³/mol. The molecule has 0 fully saturated rings. The largest absolute Gasteiger partial charge is 0.294 e. The molecule has 0 aliphatic rings. The number of Topliss-reactive ketones (excluding diaryl/α,β-unsaturated/α-hetero) is 1. The van der Waals surface area contributed by atoms with E-state index >= 15 is 0 Å². The van der Waals surface area contributed by atoms with Crippen molar-refractivity contribution in [2.75, 3.05) is 0 Å². The van der Waals surface area contributed by atoms with Crippen LogP contribution < -0.4 is 0 Å². The number of carbonyl (C=O) groups is 1. The molecule has 0 aliphatic heterocycles. The summed E-state index contributed by atoms with van der Waals surface area (Å²) in [5.74, 6) is -2.49. The minimum atomic E-state index is -1.07. The van der Waals surface area contributed by atoms with Crippen LogP contribution in [0.3, 0.4) is 0 Å². The Labute approximate surface area is 104 Å². The van der Waals surface area contributed by atoms with Crippen molar-refractivity contribution in [2.45, 2.75) is 13.3 Å². The van der Waals surface area contributed by atoms with E-state index in [9.17, 15) is 13.6 Å². The van der Waals surface area contributed by atoms with Crippen molar-refractivity contribution >= 4 is 5.78 Å². The average molecular weight is 246 g/mol. The van der Waals surface area contributed by atoms with Gasteiger partial charge in [-0.25, -0.2) is 8.78 Å². The first-order valence-electron chi connectivity index (χ1n) is 5.60. The minimum Gasteiger partial charge on any atom is -0.294 e. The Morgan fingerprint density at radius 2 is 1.83 bits per heavy atom. The monoisotopic (exact) mass is 246 g/mol. The first-order valence-corrected chi connectivity index (χ1v) is 5.60. The SMILES string of the molecule is Cc1cccc(CC(=O)c2cccc(F)c2F)c1. The van der Waals surface area contributed by atoms with Gasteiger partial charge in [0, 0.05) is 6.42 Å². The van der Waals surface area contributed by atoms with Crippen molar-refractivity contribution in [1.29, 1.82) is 0 Å². The van der Waals surface area contributed by atoms with E-state index in [4.69, 9.17) is 0 Å². The Morgan fingerprint density at radius 1 is 1.11 bits per heavy atom. The molecule has 0 saturated heterocycles. The Hall–Kier alpha value is -2.03. The van der Waals surface area contributed by atoms with Crippen LogP contribution in [0.5, 0.6) is 0 Å². The molecule has 0 amide bonds. The van der Waals surface area contributed by atoms with Crippen LogP contribution in [0, 0.1) is 18.6 Å². The van der Waals surface area contributed by atoms with Gasteiger partial charge in [-0.3, -0.25) is 4.79 Å². The lowest BCUT2D eigenvalue weighted by Gasteiger charge is -2.04. The van der Waals surface area contributed by atoms with Crippen LogP contribution in [0.25, 0.3) is 0 Å². The minimum absolute atomic E-state index is 0.0715. The van der Waals surface area contributed by atoms with Gasteiger partial charge in [0.2, 0.25) is 0 Å². The molecule has 0 spiro atoms. The van der Waals surface area contributed by atoms with E-state index < -0.39 is 17.4 Å². The number of halogens is 2. The number of carbonyl (C=O) groups excluding carboxylic acids is 1. The van der Waals surface area contributed by atoms with Gasteiger partial charge < -0.3 is 0 Å². The molecule has 0 radical (unpaired) electrons. The van der Waals surface area contributed by atoms with Crippen LogP contribution in [0.15, 0.2) is 42.5 Å². The molecule has 2 rings (SSSR count). The smallest absolute Gasteiger partial charge is 0.170 e. The average Bonchev–Trinajstić information content (AvgIpc) is 2.32. The molecule has 0 aromatic heterocycles. The summed E-state index contributed by atoms with van der Waals surface area (Å²) in [4.78, 5) is 11.9. The Morgan fingerprint density at radius 3 is 2.56 bits per heavy atom. The third-order valence-electron chi connectivity index (χ3n) is 2.70. The van der Waals surface area contributed by atoms with Crippen LogP contribution in [-0.2, 0) is 6.42 Å². The number of rotatable bonds is 3. The highest BCUT2D eigenvalue weighted by Crippen LogP contribution is 2.15. The molecule has 2 aromatic carbocycles. The van der Waals surface area contributed by atoms with Gasteiger partial charge in [0.15, 0.2) is 17.4 Å². The van der Waals surface area contributed by atoms with Crippen molar-refractivity contribution in [3.63, 3.8) is 0 Å². The summed E-state index contributed by atoms with van der Waals surface area (Å²) in [5.41, 5.74) is 1.63. The number of ketones is 1. The van der Waals surface area contributed by atoms with Gasteiger partial charge in [0.05, 0.1) is 5.56 Å². The standard InChI is InChI=1S/C15H12F2O/c1-10-4-2-5-11(8-10)9-14(18)12-6-3-7-13(16)15(12)17/h2-8H,9H2,1H3. The van der Waals surface area contributed by atoms with E-state index in [1.807, 2.05) is 25.1 Å². The third kappa shape index (κ3) is 2.62. The first-order chi connectivity index (χ1) is 8.58. The maximum atomic E-state index is 13.4. The molecule has 0 aliphatic carbocycles. The summed E-state index contributed by atoms with van der Waals surface area (Å²) in [6.07, 6.45) is 0.0715. The zero-order valence-electron chi connectivity index (χ0n) is 9.91. The Bertz CT molecular complexity index is 591. The highest BCUT2D eigenvalue weighted by Gasteiger charge is 2.15. The van der Waals surface area contributed by atoms with E-state index in [0.717, 1.165) is 17.2 Å². The second kappa shape index (κ2) is 5.08. The van der Waals surface area contributed by atoms with Gasteiger partial charge in [-0.2, -0.15) is 0 Å². The van der Waals surface area contributed by atoms with Crippen LogP contribution in [0.2, 0.25) is 0 Å². The third-order valence-corrected chi connectivity index (χ3v) is 2.70. The lowest BCUT2D eigenvalue weighted by molar-refractivity contribution is 0.0988. The van der Waals surface area contributed by atoms with E-state index in [2.05, 4.69) is 0 Å². The quantitative estimate of drug-likeness (QED) is 0.755. The van der Waals surface area contributed by atoms with E-state index in [1.54, 1.807) is 6.07 Å². The van der Waals surface area contributed by atoms with E-state index in [0.29, 0.717) is 0 Å². The fourth-order valence-electron chi connectivity index (χ4n) is 1.82. The second-order valence-corrected chi connectivity index (χ2v) is 4.19. The number of aryl methyl sites for hydroxylation is 1. The lowest BCUT2D eigenvalue weighted by atomic mass is 10.0. The van der Waals surface area contributed by atoms with Crippen molar-refractivity contribution in [3.8, 4) is 0 Å². The molecule has 3 heteroatoms. The van der Waals surface area contributed by atoms with E-state index in [-0.39, 0.29) is 12.0 Å². The topological polar surface area (TPSA) is 17.1 Å². The maximum absolute atomic E-state index is 13.4. The molecular formula is C15H12F2O. The molecular weight excluding hydrogens is 234 g/mol. The number of hydrogen-bond donors (Lipinski definition) is 0. The summed E-state index contributed by atoms with van der Waals surface area (Å²) in [7, 11) is 0. The summed E-state index contributed by atoms with van der Waals surface area (Å²) in [6, 6.07) is 11.0. The van der Waals surface area contributed by atoms with Gasteiger partial charge >= 0.3 is 0 Å². The first kappa shape index (κ1) is 12.4. The Balaban J connectivity index is 2.25. The zero-order valence-corrected chi connectivity index (χ0v) is 9.91. The fourth-order valence-corrected chi connectivity index (χ4v) is 1.82. The normalized spacial score (nSPS) is 10.4. The summed E-state index contributed by atoms with van der Waals surface area (Å²) >= 11 is 0. The van der Waals surface area contributed by atoms with Crippen LogP contribution in [0.1, 0.15) is 21.5 Å². The molecule has 0 atom stereocenters. The zero-order chi connectivity index (χ0) is 13.1.